The van der Waals surface area contributed by atoms with E-state index in [1.54, 1.807) is 18.3 Å². The van der Waals surface area contributed by atoms with Gasteiger partial charge in [-0.15, -0.1) is 0 Å². The van der Waals surface area contributed by atoms with Crippen LogP contribution in [0.5, 0.6) is 0 Å². The number of benzene rings is 2. The van der Waals surface area contributed by atoms with Gasteiger partial charge in [0.15, 0.2) is 0 Å². The van der Waals surface area contributed by atoms with E-state index < -0.39 is 11.0 Å². The molecule has 1 aliphatic heterocycles. The van der Waals surface area contributed by atoms with Gasteiger partial charge in [-0.05, 0) is 38.0 Å². The van der Waals surface area contributed by atoms with Gasteiger partial charge in [0, 0.05) is 23.7 Å². The first-order chi connectivity index (χ1) is 15.4. The van der Waals surface area contributed by atoms with Crippen LogP contribution in [0.4, 0.5) is 5.69 Å². The molecule has 2 heterocycles. The Hall–Kier alpha value is -3.89. The zero-order chi connectivity index (χ0) is 22.7. The van der Waals surface area contributed by atoms with Gasteiger partial charge in [-0.2, -0.15) is 10.2 Å². The van der Waals surface area contributed by atoms with Crippen molar-refractivity contribution in [3.05, 3.63) is 87.2 Å². The smallest absolute Gasteiger partial charge is 0.269 e. The summed E-state index contributed by atoms with van der Waals surface area (Å²) in [7, 11) is 0. The molecular weight excluding hydrogens is 410 g/mol. The highest BCUT2D eigenvalue weighted by Gasteiger charge is 2.30. The number of carbonyl (C=O) groups is 1. The van der Waals surface area contributed by atoms with Crippen molar-refractivity contribution in [2.45, 2.75) is 32.4 Å². The van der Waals surface area contributed by atoms with Gasteiger partial charge in [0.05, 0.1) is 28.2 Å². The van der Waals surface area contributed by atoms with Crippen molar-refractivity contribution in [2.24, 2.45) is 5.10 Å². The maximum atomic E-state index is 12.5. The first-order valence-electron chi connectivity index (χ1n) is 10.1. The van der Waals surface area contributed by atoms with E-state index in [-0.39, 0.29) is 17.6 Å². The van der Waals surface area contributed by atoms with Crippen LogP contribution in [-0.2, 0) is 4.79 Å². The zero-order valence-corrected chi connectivity index (χ0v) is 17.6. The molecule has 2 aromatic carbocycles. The Morgan fingerprint density at radius 1 is 1.22 bits per heavy atom. The Bertz CT molecular complexity index is 1170. The van der Waals surface area contributed by atoms with E-state index in [4.69, 9.17) is 0 Å². The van der Waals surface area contributed by atoms with Crippen molar-refractivity contribution in [2.75, 3.05) is 0 Å². The van der Waals surface area contributed by atoms with Crippen LogP contribution in [0.15, 0.2) is 59.7 Å². The van der Waals surface area contributed by atoms with Crippen molar-refractivity contribution in [1.82, 2.24) is 26.1 Å². The molecule has 0 radical (unpaired) electrons. The summed E-state index contributed by atoms with van der Waals surface area (Å²) in [5.41, 5.74) is 12.8. The molecule has 32 heavy (non-hydrogen) atoms. The Morgan fingerprint density at radius 3 is 2.75 bits per heavy atom. The summed E-state index contributed by atoms with van der Waals surface area (Å²) in [6.45, 7) is 3.84. The highest BCUT2D eigenvalue weighted by atomic mass is 16.6. The third-order valence-electron chi connectivity index (χ3n) is 5.42. The predicted octanol–water partition coefficient (Wildman–Crippen LogP) is 2.46. The molecule has 3 N–H and O–H groups in total. The van der Waals surface area contributed by atoms with Gasteiger partial charge in [0.2, 0.25) is 0 Å². The summed E-state index contributed by atoms with van der Waals surface area (Å²) < 4.78 is 1.84. The maximum absolute atomic E-state index is 12.5. The number of para-hydroxylation sites is 1. The summed E-state index contributed by atoms with van der Waals surface area (Å²) in [5.74, 6) is -0.299. The summed E-state index contributed by atoms with van der Waals surface area (Å²) in [6, 6.07) is 15.4. The molecule has 0 aliphatic carbocycles. The number of hydrazine groups is 1. The molecule has 1 aliphatic rings. The normalized spacial score (nSPS) is 18.2. The summed E-state index contributed by atoms with van der Waals surface area (Å²) in [6.07, 6.45) is 2.03. The maximum Gasteiger partial charge on any atom is 0.269 e. The topological polar surface area (TPSA) is 126 Å². The van der Waals surface area contributed by atoms with E-state index in [9.17, 15) is 14.9 Å². The number of hydrogen-bond donors (Lipinski definition) is 3. The number of nitrogens with one attached hydrogen (secondary N) is 3. The molecule has 1 aromatic heterocycles. The third kappa shape index (κ3) is 4.41. The van der Waals surface area contributed by atoms with Gasteiger partial charge in [-0.25, -0.2) is 21.0 Å². The van der Waals surface area contributed by atoms with Gasteiger partial charge >= 0.3 is 0 Å². The average Bonchev–Trinajstić information content (AvgIpc) is 3.40. The molecule has 1 saturated heterocycles. The van der Waals surface area contributed by atoms with Gasteiger partial charge in [-0.3, -0.25) is 14.9 Å². The van der Waals surface area contributed by atoms with E-state index in [1.807, 2.05) is 48.9 Å². The molecule has 0 spiro atoms. The lowest BCUT2D eigenvalue weighted by atomic mass is 10.0. The number of nitro benzene ring substituents is 1. The number of amides is 1. The molecule has 0 saturated carbocycles. The number of aromatic nitrogens is 2. The quantitative estimate of drug-likeness (QED) is 0.311. The number of nitrogens with zero attached hydrogens (tertiary/aromatic N) is 4. The van der Waals surface area contributed by atoms with Crippen molar-refractivity contribution < 1.29 is 9.72 Å². The second-order valence-electron chi connectivity index (χ2n) is 7.55. The number of nitro groups is 1. The fraction of sp³-hybridized carbons (Fsp3) is 0.227. The molecule has 0 bridgehead atoms. The van der Waals surface area contributed by atoms with Crippen LogP contribution in [0.2, 0.25) is 0 Å². The van der Waals surface area contributed by atoms with E-state index >= 15 is 0 Å². The molecule has 4 rings (SSSR count). The van der Waals surface area contributed by atoms with Gasteiger partial charge in [0.1, 0.15) is 6.04 Å². The Kier molecular flexibility index (Phi) is 6.06. The lowest BCUT2D eigenvalue weighted by molar-refractivity contribution is -0.384. The molecule has 10 heteroatoms. The number of aryl methyl sites for hydroxylation is 1. The molecule has 2 atom stereocenters. The fourth-order valence-electron chi connectivity index (χ4n) is 3.70. The minimum absolute atomic E-state index is 0.0172. The number of hydrogen-bond acceptors (Lipinski definition) is 7. The molecule has 164 valence electrons. The molecular formula is C22H23N7O3. The third-order valence-corrected chi connectivity index (χ3v) is 5.42. The monoisotopic (exact) mass is 433 g/mol. The largest absolute Gasteiger partial charge is 0.271 e. The molecule has 1 fully saturated rings. The van der Waals surface area contributed by atoms with Crippen LogP contribution in [-0.4, -0.2) is 32.9 Å². The van der Waals surface area contributed by atoms with E-state index in [1.165, 1.54) is 12.1 Å². The summed E-state index contributed by atoms with van der Waals surface area (Å²) in [5, 5.41) is 19.7. The van der Waals surface area contributed by atoms with Crippen LogP contribution >= 0.6 is 0 Å². The predicted molar refractivity (Wildman–Crippen MR) is 119 cm³/mol. The average molecular weight is 433 g/mol. The van der Waals surface area contributed by atoms with Crippen LogP contribution < -0.4 is 16.3 Å². The zero-order valence-electron chi connectivity index (χ0n) is 17.6. The Balaban J connectivity index is 1.39. The summed E-state index contributed by atoms with van der Waals surface area (Å²) in [4.78, 5) is 23.1. The van der Waals surface area contributed by atoms with E-state index in [0.717, 1.165) is 28.2 Å². The van der Waals surface area contributed by atoms with Crippen molar-refractivity contribution >= 4 is 17.8 Å². The van der Waals surface area contributed by atoms with E-state index in [0.29, 0.717) is 6.42 Å². The number of hydrazone groups is 1. The first kappa shape index (κ1) is 21.3. The van der Waals surface area contributed by atoms with Crippen LogP contribution in [0.3, 0.4) is 0 Å². The van der Waals surface area contributed by atoms with Gasteiger partial charge < -0.3 is 0 Å². The molecule has 1 amide bonds. The number of rotatable bonds is 6. The van der Waals surface area contributed by atoms with Crippen LogP contribution in [0.25, 0.3) is 5.69 Å². The molecule has 10 nitrogen and oxygen atoms in total. The van der Waals surface area contributed by atoms with Crippen molar-refractivity contribution in [3.8, 4) is 5.69 Å². The van der Waals surface area contributed by atoms with Crippen LogP contribution in [0.1, 0.15) is 35.0 Å². The molecule has 3 aromatic rings. The lowest BCUT2D eigenvalue weighted by Crippen LogP contribution is -2.41. The standard InChI is InChI=1S/C22H23N7O3/c1-14-19(15(2)28(27-14)17-8-4-3-5-9-17)13-23-26-22(30)21-12-20(24-25-21)16-7-6-10-18(11-16)29(31)32/h3-11,13,20-21,24-25H,12H2,1-2H3,(H,26,30)/b23-13+. The minimum Gasteiger partial charge on any atom is -0.271 e. The van der Waals surface area contributed by atoms with Crippen molar-refractivity contribution in [3.63, 3.8) is 0 Å². The van der Waals surface area contributed by atoms with E-state index in [2.05, 4.69) is 26.5 Å². The molecule has 2 unspecified atom stereocenters. The van der Waals surface area contributed by atoms with Gasteiger partial charge in [-0.1, -0.05) is 30.3 Å². The van der Waals surface area contributed by atoms with Crippen LogP contribution in [0, 0.1) is 24.0 Å². The van der Waals surface area contributed by atoms with Crippen molar-refractivity contribution in [1.29, 1.82) is 0 Å². The second kappa shape index (κ2) is 9.08. The lowest BCUT2D eigenvalue weighted by Gasteiger charge is -2.09. The first-order valence-corrected chi connectivity index (χ1v) is 10.1. The highest BCUT2D eigenvalue weighted by Crippen LogP contribution is 2.25. The Morgan fingerprint density at radius 2 is 2.00 bits per heavy atom. The van der Waals surface area contributed by atoms with Gasteiger partial charge in [0.25, 0.3) is 11.6 Å². The fourth-order valence-corrected chi connectivity index (χ4v) is 3.70. The number of non-ortho nitro benzene ring substituents is 1. The highest BCUT2D eigenvalue weighted by molar-refractivity contribution is 5.86. The summed E-state index contributed by atoms with van der Waals surface area (Å²) >= 11 is 0. The minimum atomic E-state index is -0.523. The second-order valence-corrected chi connectivity index (χ2v) is 7.55. The SMILES string of the molecule is Cc1nn(-c2ccccc2)c(C)c1/C=N/NC(=O)C1CC(c2cccc([N+](=O)[O-])c2)NN1. The number of carbonyl (C=O) groups excluding carboxylic acids is 1. The Labute approximate surface area is 184 Å².